The summed E-state index contributed by atoms with van der Waals surface area (Å²) in [4.78, 5) is 33.6. The van der Waals surface area contributed by atoms with Crippen molar-refractivity contribution >= 4 is 67.3 Å². The van der Waals surface area contributed by atoms with E-state index in [2.05, 4.69) is 20.6 Å². The molecule has 4 aromatic rings. The average molecular weight is 471 g/mol. The lowest BCUT2D eigenvalue weighted by atomic mass is 10.2. The number of hydrogen-bond donors (Lipinski definition) is 2. The van der Waals surface area contributed by atoms with Gasteiger partial charge in [0, 0.05) is 17.3 Å². The summed E-state index contributed by atoms with van der Waals surface area (Å²) in [5.74, 6) is 0.148. The molecule has 2 heterocycles. The largest absolute Gasteiger partial charge is 0.496 e. The highest BCUT2D eigenvalue weighted by Gasteiger charge is 2.18. The van der Waals surface area contributed by atoms with Crippen LogP contribution < -0.4 is 15.4 Å². The van der Waals surface area contributed by atoms with Crippen molar-refractivity contribution in [3.8, 4) is 5.75 Å². The van der Waals surface area contributed by atoms with E-state index in [9.17, 15) is 9.59 Å². The summed E-state index contributed by atoms with van der Waals surface area (Å²) in [5, 5.41) is 7.77. The Morgan fingerprint density at radius 3 is 2.77 bits per heavy atom. The molecule has 2 N–H and O–H groups in total. The maximum atomic E-state index is 12.6. The van der Waals surface area contributed by atoms with E-state index in [-0.39, 0.29) is 17.1 Å². The third-order valence-electron chi connectivity index (χ3n) is 4.29. The number of ether oxygens (including phenoxy) is 1. The van der Waals surface area contributed by atoms with Crippen LogP contribution in [0.4, 0.5) is 10.8 Å². The number of nitrogens with one attached hydrogen (secondary N) is 2. The van der Waals surface area contributed by atoms with Crippen molar-refractivity contribution in [3.63, 3.8) is 0 Å². The van der Waals surface area contributed by atoms with Crippen molar-refractivity contribution in [2.45, 2.75) is 16.5 Å². The summed E-state index contributed by atoms with van der Waals surface area (Å²) >= 11 is 4.25. The molecule has 0 saturated heterocycles. The number of hydrogen-bond acceptors (Lipinski definition) is 8. The first-order valence-electron chi connectivity index (χ1n) is 9.25. The Labute approximate surface area is 190 Å². The van der Waals surface area contributed by atoms with E-state index in [0.29, 0.717) is 22.1 Å². The van der Waals surface area contributed by atoms with Crippen LogP contribution in [-0.2, 0) is 4.79 Å². The molecule has 0 unspecified atom stereocenters. The lowest BCUT2D eigenvalue weighted by Gasteiger charge is -2.09. The van der Waals surface area contributed by atoms with Crippen LogP contribution in [-0.4, -0.2) is 34.1 Å². The van der Waals surface area contributed by atoms with E-state index in [4.69, 9.17) is 4.74 Å². The number of fused-ring (bicyclic) bond motifs is 1. The average Bonchev–Trinajstić information content (AvgIpc) is 3.42. The van der Waals surface area contributed by atoms with Crippen molar-refractivity contribution < 1.29 is 14.3 Å². The second-order valence-electron chi connectivity index (χ2n) is 6.40. The first kappa shape index (κ1) is 21.3. The Bertz CT molecular complexity index is 1220. The van der Waals surface area contributed by atoms with Crippen molar-refractivity contribution in [1.29, 1.82) is 0 Å². The maximum Gasteiger partial charge on any atom is 0.259 e. The lowest BCUT2D eigenvalue weighted by Crippen LogP contribution is -2.22. The predicted molar refractivity (Wildman–Crippen MR) is 127 cm³/mol. The normalized spacial score (nSPS) is 11.8. The minimum Gasteiger partial charge on any atom is -0.496 e. The van der Waals surface area contributed by atoms with Gasteiger partial charge in [-0.25, -0.2) is 9.97 Å². The second-order valence-corrected chi connectivity index (χ2v) is 9.92. The highest BCUT2D eigenvalue weighted by molar-refractivity contribution is 8.02. The van der Waals surface area contributed by atoms with Gasteiger partial charge in [-0.1, -0.05) is 23.9 Å². The molecule has 0 bridgehead atoms. The number of benzene rings is 2. The molecule has 0 radical (unpaired) electrons. The van der Waals surface area contributed by atoms with E-state index < -0.39 is 0 Å². The molecule has 0 spiro atoms. The molecule has 0 fully saturated rings. The number of thiazole rings is 2. The Morgan fingerprint density at radius 1 is 1.16 bits per heavy atom. The van der Waals surface area contributed by atoms with E-state index >= 15 is 0 Å². The number of aromatic nitrogens is 2. The summed E-state index contributed by atoms with van der Waals surface area (Å²) in [5.41, 5.74) is 1.94. The van der Waals surface area contributed by atoms with Crippen LogP contribution in [0.15, 0.2) is 58.4 Å². The second kappa shape index (κ2) is 9.46. The number of nitrogens with zero attached hydrogens (tertiary/aromatic N) is 2. The first-order chi connectivity index (χ1) is 15.0. The van der Waals surface area contributed by atoms with E-state index in [1.807, 2.05) is 36.6 Å². The standard InChI is InChI=1S/C21H18N4O3S3/c1-12(18(26)25-20-22-9-10-29-20)30-21-24-15-8-7-13(11-17(15)31-21)23-19(27)14-5-3-4-6-16(14)28-2/h3-12H,1-2H3,(H,23,27)(H,22,25,26)/t12-/m0/s1. The zero-order valence-corrected chi connectivity index (χ0v) is 19.1. The zero-order valence-electron chi connectivity index (χ0n) is 16.6. The van der Waals surface area contributed by atoms with Gasteiger partial charge in [0.15, 0.2) is 9.47 Å². The van der Waals surface area contributed by atoms with Crippen LogP contribution in [0.1, 0.15) is 17.3 Å². The summed E-state index contributed by atoms with van der Waals surface area (Å²) in [7, 11) is 1.53. The SMILES string of the molecule is COc1ccccc1C(=O)Nc1ccc2nc(S[C@@H](C)C(=O)Nc3nccs3)sc2c1. The molecule has 0 aliphatic carbocycles. The molecule has 0 aliphatic heterocycles. The van der Waals surface area contributed by atoms with Gasteiger partial charge in [0.05, 0.1) is 28.1 Å². The molecule has 158 valence electrons. The highest BCUT2D eigenvalue weighted by Crippen LogP contribution is 2.34. The molecule has 7 nitrogen and oxygen atoms in total. The number of amides is 2. The number of carbonyl (C=O) groups excluding carboxylic acids is 2. The van der Waals surface area contributed by atoms with Gasteiger partial charge in [-0.3, -0.25) is 9.59 Å². The molecule has 0 aliphatic rings. The van der Waals surface area contributed by atoms with Crippen LogP contribution >= 0.6 is 34.4 Å². The van der Waals surface area contributed by atoms with Gasteiger partial charge in [0.25, 0.3) is 5.91 Å². The van der Waals surface area contributed by atoms with Crippen molar-refractivity contribution in [2.75, 3.05) is 17.7 Å². The van der Waals surface area contributed by atoms with Gasteiger partial charge in [-0.15, -0.1) is 22.7 Å². The molecule has 2 amide bonds. The fourth-order valence-corrected chi connectivity index (χ4v) is 5.54. The fraction of sp³-hybridized carbons (Fsp3) is 0.143. The third kappa shape index (κ3) is 5.04. The maximum absolute atomic E-state index is 12.6. The molecule has 31 heavy (non-hydrogen) atoms. The number of thioether (sulfide) groups is 1. The van der Waals surface area contributed by atoms with Crippen LogP contribution in [0, 0.1) is 0 Å². The highest BCUT2D eigenvalue weighted by atomic mass is 32.2. The van der Waals surface area contributed by atoms with Gasteiger partial charge in [-0.2, -0.15) is 0 Å². The Hall–Kier alpha value is -2.95. The summed E-state index contributed by atoms with van der Waals surface area (Å²) < 4.78 is 6.97. The fourth-order valence-electron chi connectivity index (χ4n) is 2.76. The number of para-hydroxylation sites is 1. The zero-order chi connectivity index (χ0) is 21.8. The van der Waals surface area contributed by atoms with Crippen molar-refractivity contribution in [2.24, 2.45) is 0 Å². The van der Waals surface area contributed by atoms with Crippen LogP contribution in [0.2, 0.25) is 0 Å². The molecular weight excluding hydrogens is 452 g/mol. The Balaban J connectivity index is 1.45. The van der Waals surface area contributed by atoms with Gasteiger partial charge in [0.1, 0.15) is 5.75 Å². The number of methoxy groups -OCH3 is 1. The Morgan fingerprint density at radius 2 is 2.00 bits per heavy atom. The van der Waals surface area contributed by atoms with Gasteiger partial charge in [-0.05, 0) is 37.3 Å². The third-order valence-corrected chi connectivity index (χ3v) is 7.19. The molecule has 4 rings (SSSR count). The predicted octanol–water partition coefficient (Wildman–Crippen LogP) is 5.13. The summed E-state index contributed by atoms with van der Waals surface area (Å²) in [6.07, 6.45) is 1.65. The van der Waals surface area contributed by atoms with Crippen molar-refractivity contribution in [3.05, 3.63) is 59.6 Å². The summed E-state index contributed by atoms with van der Waals surface area (Å²) in [6, 6.07) is 12.6. The molecule has 0 saturated carbocycles. The van der Waals surface area contributed by atoms with Crippen LogP contribution in [0.25, 0.3) is 10.2 Å². The summed E-state index contributed by atoms with van der Waals surface area (Å²) in [6.45, 7) is 1.83. The minimum absolute atomic E-state index is 0.121. The molecule has 2 aromatic heterocycles. The van der Waals surface area contributed by atoms with Gasteiger partial charge in [0.2, 0.25) is 5.91 Å². The molecular formula is C21H18N4O3S3. The lowest BCUT2D eigenvalue weighted by molar-refractivity contribution is -0.115. The van der Waals surface area contributed by atoms with Gasteiger partial charge < -0.3 is 15.4 Å². The Kier molecular flexibility index (Phi) is 6.50. The van der Waals surface area contributed by atoms with Crippen LogP contribution in [0.5, 0.6) is 5.75 Å². The molecule has 2 aromatic carbocycles. The number of carbonyl (C=O) groups is 2. The first-order valence-corrected chi connectivity index (χ1v) is 11.8. The van der Waals surface area contributed by atoms with Crippen molar-refractivity contribution in [1.82, 2.24) is 9.97 Å². The van der Waals surface area contributed by atoms with E-state index in [1.165, 1.54) is 41.5 Å². The molecule has 1 atom stereocenters. The quantitative estimate of drug-likeness (QED) is 0.364. The van der Waals surface area contributed by atoms with Gasteiger partial charge >= 0.3 is 0 Å². The number of rotatable bonds is 7. The minimum atomic E-state index is -0.325. The monoisotopic (exact) mass is 470 g/mol. The van der Waals surface area contributed by atoms with E-state index in [1.54, 1.807) is 24.4 Å². The smallest absolute Gasteiger partial charge is 0.259 e. The van der Waals surface area contributed by atoms with E-state index in [0.717, 1.165) is 14.6 Å². The topological polar surface area (TPSA) is 93.2 Å². The molecule has 10 heteroatoms. The van der Waals surface area contributed by atoms with Crippen LogP contribution in [0.3, 0.4) is 0 Å². The number of anilines is 2.